The van der Waals surface area contributed by atoms with Gasteiger partial charge in [0.1, 0.15) is 17.3 Å². The Bertz CT molecular complexity index is 953. The summed E-state index contributed by atoms with van der Waals surface area (Å²) in [6, 6.07) is 5.20. The van der Waals surface area contributed by atoms with Gasteiger partial charge < -0.3 is 19.7 Å². The van der Waals surface area contributed by atoms with Crippen LogP contribution in [-0.4, -0.2) is 60.5 Å². The molecular formula is C23H30N4O4. The number of hydrogen-bond acceptors (Lipinski definition) is 6. The van der Waals surface area contributed by atoms with Crippen molar-refractivity contribution in [3.8, 4) is 11.5 Å². The van der Waals surface area contributed by atoms with Crippen LogP contribution in [0.3, 0.4) is 0 Å². The van der Waals surface area contributed by atoms with Crippen LogP contribution in [0.25, 0.3) is 0 Å². The lowest BCUT2D eigenvalue weighted by Crippen LogP contribution is -2.29. The van der Waals surface area contributed by atoms with E-state index in [-0.39, 0.29) is 24.2 Å². The highest BCUT2D eigenvalue weighted by Crippen LogP contribution is 2.30. The molecule has 1 N–H and O–H groups in total. The van der Waals surface area contributed by atoms with E-state index in [1.165, 1.54) is 0 Å². The molecule has 1 saturated heterocycles. The molecule has 1 aliphatic heterocycles. The molecule has 0 saturated carbocycles. The summed E-state index contributed by atoms with van der Waals surface area (Å²) in [5.74, 6) is 1.81. The average Bonchev–Trinajstić information content (AvgIpc) is 3.25. The van der Waals surface area contributed by atoms with Crippen molar-refractivity contribution in [1.29, 1.82) is 0 Å². The van der Waals surface area contributed by atoms with E-state index >= 15 is 0 Å². The number of carbonyl (C=O) groups excluding carboxylic acids is 2. The van der Waals surface area contributed by atoms with E-state index in [1.54, 1.807) is 32.4 Å². The van der Waals surface area contributed by atoms with Crippen LogP contribution in [0.4, 0.5) is 0 Å². The fraction of sp³-hybridized carbons (Fsp3) is 0.478. The average molecular weight is 427 g/mol. The topological polar surface area (TPSA) is 93.7 Å². The Balaban J connectivity index is 1.75. The zero-order valence-electron chi connectivity index (χ0n) is 18.8. The fourth-order valence-electron chi connectivity index (χ4n) is 3.93. The molecule has 8 heteroatoms. The molecule has 1 aliphatic rings. The van der Waals surface area contributed by atoms with Gasteiger partial charge in [0.15, 0.2) is 0 Å². The standard InChI is InChI=1S/C23H30N4O4/c1-6-24-21(28)12-19-14(2)25-22(26-15(19)3)16-9-10-27(13-16)23(29)18-8-7-17(30-4)11-20(18)31-5/h7-8,11,16H,6,9-10,12-13H2,1-5H3,(H,24,28)/t16-/m0/s1. The Kier molecular flexibility index (Phi) is 7.09. The first-order valence-electron chi connectivity index (χ1n) is 10.5. The van der Waals surface area contributed by atoms with Crippen molar-refractivity contribution in [3.05, 3.63) is 46.5 Å². The van der Waals surface area contributed by atoms with Gasteiger partial charge in [-0.15, -0.1) is 0 Å². The van der Waals surface area contributed by atoms with Gasteiger partial charge in [-0.3, -0.25) is 9.59 Å². The summed E-state index contributed by atoms with van der Waals surface area (Å²) in [6.07, 6.45) is 1.07. The highest BCUT2D eigenvalue weighted by Gasteiger charge is 2.31. The number of carbonyl (C=O) groups is 2. The van der Waals surface area contributed by atoms with Crippen LogP contribution in [0, 0.1) is 13.8 Å². The number of amides is 2. The Hall–Kier alpha value is -3.16. The summed E-state index contributed by atoms with van der Waals surface area (Å²) in [5, 5.41) is 2.81. The van der Waals surface area contributed by atoms with Gasteiger partial charge in [-0.2, -0.15) is 0 Å². The van der Waals surface area contributed by atoms with Gasteiger partial charge in [-0.25, -0.2) is 9.97 Å². The molecule has 1 fully saturated rings. The van der Waals surface area contributed by atoms with Crippen LogP contribution in [-0.2, 0) is 11.2 Å². The smallest absolute Gasteiger partial charge is 0.257 e. The molecule has 2 aromatic rings. The first-order chi connectivity index (χ1) is 14.9. The summed E-state index contributed by atoms with van der Waals surface area (Å²) in [4.78, 5) is 36.2. The number of benzene rings is 1. The van der Waals surface area contributed by atoms with Gasteiger partial charge in [0.2, 0.25) is 5.91 Å². The van der Waals surface area contributed by atoms with Crippen molar-refractivity contribution in [1.82, 2.24) is 20.2 Å². The first-order valence-corrected chi connectivity index (χ1v) is 10.5. The number of aromatic nitrogens is 2. The van der Waals surface area contributed by atoms with Crippen LogP contribution in [0.5, 0.6) is 11.5 Å². The van der Waals surface area contributed by atoms with Crippen molar-refractivity contribution < 1.29 is 19.1 Å². The molecule has 1 aromatic carbocycles. The van der Waals surface area contributed by atoms with E-state index in [1.807, 2.05) is 25.7 Å². The van der Waals surface area contributed by atoms with Crippen LogP contribution in [0.1, 0.15) is 52.4 Å². The minimum Gasteiger partial charge on any atom is -0.497 e. The first kappa shape index (κ1) is 22.5. The van der Waals surface area contributed by atoms with E-state index in [2.05, 4.69) is 15.3 Å². The number of likely N-dealkylation sites (N-methyl/N-ethyl adjacent to an activating group) is 1. The van der Waals surface area contributed by atoms with Crippen LogP contribution in [0.15, 0.2) is 18.2 Å². The maximum Gasteiger partial charge on any atom is 0.257 e. The second kappa shape index (κ2) is 9.76. The Morgan fingerprint density at radius 3 is 2.48 bits per heavy atom. The lowest BCUT2D eigenvalue weighted by Gasteiger charge is -2.19. The SMILES string of the molecule is CCNC(=O)Cc1c(C)nc([C@H]2CCN(C(=O)c3ccc(OC)cc3OC)C2)nc1C. The fourth-order valence-corrected chi connectivity index (χ4v) is 3.93. The van der Waals surface area contributed by atoms with Crippen LogP contribution in [0.2, 0.25) is 0 Å². The maximum atomic E-state index is 13.1. The molecule has 1 aromatic heterocycles. The molecule has 2 amide bonds. The highest BCUT2D eigenvalue weighted by molar-refractivity contribution is 5.97. The number of rotatable bonds is 7. The molecule has 0 unspecified atom stereocenters. The molecule has 1 atom stereocenters. The predicted octanol–water partition coefficient (Wildman–Crippen LogP) is 2.42. The third-order valence-corrected chi connectivity index (χ3v) is 5.63. The lowest BCUT2D eigenvalue weighted by atomic mass is 10.0. The molecule has 2 heterocycles. The van der Waals surface area contributed by atoms with E-state index in [9.17, 15) is 9.59 Å². The highest BCUT2D eigenvalue weighted by atomic mass is 16.5. The Morgan fingerprint density at radius 2 is 1.87 bits per heavy atom. The van der Waals surface area contributed by atoms with Crippen LogP contribution < -0.4 is 14.8 Å². The van der Waals surface area contributed by atoms with Gasteiger partial charge >= 0.3 is 0 Å². The van der Waals surface area contributed by atoms with Gasteiger partial charge in [0.25, 0.3) is 5.91 Å². The van der Waals surface area contributed by atoms with Crippen molar-refractivity contribution in [2.45, 2.75) is 39.5 Å². The minimum absolute atomic E-state index is 0.0314. The normalized spacial score (nSPS) is 15.6. The Morgan fingerprint density at radius 1 is 1.16 bits per heavy atom. The number of nitrogens with zero attached hydrogens (tertiary/aromatic N) is 3. The molecule has 0 bridgehead atoms. The Labute approximate surface area is 183 Å². The zero-order chi connectivity index (χ0) is 22.5. The summed E-state index contributed by atoms with van der Waals surface area (Å²) >= 11 is 0. The van der Waals surface area contributed by atoms with Crippen LogP contribution >= 0.6 is 0 Å². The number of methoxy groups -OCH3 is 2. The second-order valence-corrected chi connectivity index (χ2v) is 7.66. The van der Waals surface area contributed by atoms with Crippen molar-refractivity contribution in [2.75, 3.05) is 33.9 Å². The minimum atomic E-state index is -0.0803. The van der Waals surface area contributed by atoms with E-state index in [4.69, 9.17) is 9.47 Å². The molecule has 0 aliphatic carbocycles. The molecular weight excluding hydrogens is 396 g/mol. The largest absolute Gasteiger partial charge is 0.497 e. The third kappa shape index (κ3) is 4.95. The molecule has 0 spiro atoms. The van der Waals surface area contributed by atoms with Gasteiger partial charge in [0, 0.05) is 48.6 Å². The van der Waals surface area contributed by atoms with E-state index in [0.29, 0.717) is 36.7 Å². The summed E-state index contributed by atoms with van der Waals surface area (Å²) in [7, 11) is 3.12. The zero-order valence-corrected chi connectivity index (χ0v) is 18.8. The number of aryl methyl sites for hydroxylation is 2. The number of likely N-dealkylation sites (tertiary alicyclic amines) is 1. The summed E-state index contributed by atoms with van der Waals surface area (Å²) < 4.78 is 10.6. The van der Waals surface area contributed by atoms with E-state index in [0.717, 1.165) is 29.2 Å². The molecule has 8 nitrogen and oxygen atoms in total. The second-order valence-electron chi connectivity index (χ2n) is 7.66. The lowest BCUT2D eigenvalue weighted by molar-refractivity contribution is -0.120. The predicted molar refractivity (Wildman–Crippen MR) is 117 cm³/mol. The molecule has 166 valence electrons. The van der Waals surface area contributed by atoms with Gasteiger partial charge in [-0.1, -0.05) is 0 Å². The molecule has 31 heavy (non-hydrogen) atoms. The van der Waals surface area contributed by atoms with Crippen molar-refractivity contribution in [3.63, 3.8) is 0 Å². The van der Waals surface area contributed by atoms with Crippen molar-refractivity contribution in [2.24, 2.45) is 0 Å². The molecule has 0 radical (unpaired) electrons. The maximum absolute atomic E-state index is 13.1. The van der Waals surface area contributed by atoms with Crippen molar-refractivity contribution >= 4 is 11.8 Å². The van der Waals surface area contributed by atoms with Gasteiger partial charge in [-0.05, 0) is 39.3 Å². The van der Waals surface area contributed by atoms with Gasteiger partial charge in [0.05, 0.1) is 26.2 Å². The quantitative estimate of drug-likeness (QED) is 0.731. The molecule has 3 rings (SSSR count). The number of ether oxygens (including phenoxy) is 2. The van der Waals surface area contributed by atoms with E-state index < -0.39 is 0 Å². The third-order valence-electron chi connectivity index (χ3n) is 5.63. The number of hydrogen-bond donors (Lipinski definition) is 1. The summed E-state index contributed by atoms with van der Waals surface area (Å²) in [5.41, 5.74) is 3.00. The monoisotopic (exact) mass is 426 g/mol. The number of nitrogens with one attached hydrogen (secondary N) is 1. The summed E-state index contributed by atoms with van der Waals surface area (Å²) in [6.45, 7) is 7.48.